The standard InChI is InChI=1S/C22H20N4O3/c1-13-7-8-18(15(3)10-13)29-21-17(11-16(12-23)20(27)24-4)22(28)26-9-5-6-14(2)19(26)25-21/h5-11H,1-4H3,(H,24,27). The highest BCUT2D eigenvalue weighted by Crippen LogP contribution is 2.27. The number of ether oxygens (including phenoxy) is 1. The molecule has 146 valence electrons. The zero-order valence-electron chi connectivity index (χ0n) is 16.6. The van der Waals surface area contributed by atoms with Crippen molar-refractivity contribution in [2.75, 3.05) is 7.05 Å². The maximum absolute atomic E-state index is 13.2. The highest BCUT2D eigenvalue weighted by Gasteiger charge is 2.18. The van der Waals surface area contributed by atoms with Gasteiger partial charge in [0.2, 0.25) is 5.88 Å². The number of nitrogens with one attached hydrogen (secondary N) is 1. The van der Waals surface area contributed by atoms with Gasteiger partial charge in [-0.25, -0.2) is 0 Å². The van der Waals surface area contributed by atoms with Gasteiger partial charge in [-0.15, -0.1) is 0 Å². The predicted molar refractivity (Wildman–Crippen MR) is 110 cm³/mol. The molecule has 0 aliphatic carbocycles. The van der Waals surface area contributed by atoms with Gasteiger partial charge in [-0.2, -0.15) is 10.2 Å². The molecule has 0 atom stereocenters. The van der Waals surface area contributed by atoms with E-state index in [1.54, 1.807) is 18.3 Å². The largest absolute Gasteiger partial charge is 0.438 e. The summed E-state index contributed by atoms with van der Waals surface area (Å²) in [5.74, 6) is -0.0276. The molecule has 1 N–H and O–H groups in total. The molecule has 0 unspecified atom stereocenters. The van der Waals surface area contributed by atoms with E-state index in [2.05, 4.69) is 10.3 Å². The molecule has 1 aromatic carbocycles. The molecule has 0 radical (unpaired) electrons. The summed E-state index contributed by atoms with van der Waals surface area (Å²) < 4.78 is 7.36. The van der Waals surface area contributed by atoms with Crippen molar-refractivity contribution in [2.24, 2.45) is 0 Å². The molecule has 2 aromatic heterocycles. The van der Waals surface area contributed by atoms with Crippen molar-refractivity contribution in [3.8, 4) is 17.7 Å². The average molecular weight is 388 g/mol. The van der Waals surface area contributed by atoms with Gasteiger partial charge in [-0.3, -0.25) is 14.0 Å². The minimum absolute atomic E-state index is 0.0215. The Hall–Kier alpha value is -3.92. The van der Waals surface area contributed by atoms with Crippen LogP contribution in [0.2, 0.25) is 0 Å². The molecular weight excluding hydrogens is 368 g/mol. The van der Waals surface area contributed by atoms with E-state index >= 15 is 0 Å². The summed E-state index contributed by atoms with van der Waals surface area (Å²) in [7, 11) is 1.41. The van der Waals surface area contributed by atoms with Gasteiger partial charge in [-0.1, -0.05) is 23.8 Å². The number of nitriles is 1. The lowest BCUT2D eigenvalue weighted by molar-refractivity contribution is -0.116. The molecule has 3 rings (SSSR count). The fraction of sp³-hybridized carbons (Fsp3) is 0.182. The van der Waals surface area contributed by atoms with Crippen molar-refractivity contribution in [3.05, 3.63) is 74.7 Å². The number of likely N-dealkylation sites (N-methyl/N-ethyl adjacent to an activating group) is 1. The van der Waals surface area contributed by atoms with Gasteiger partial charge >= 0.3 is 0 Å². The number of hydrogen-bond acceptors (Lipinski definition) is 5. The summed E-state index contributed by atoms with van der Waals surface area (Å²) in [6, 6.07) is 11.0. The fourth-order valence-corrected chi connectivity index (χ4v) is 2.94. The van der Waals surface area contributed by atoms with Crippen molar-refractivity contribution in [3.63, 3.8) is 0 Å². The summed E-state index contributed by atoms with van der Waals surface area (Å²) in [6.07, 6.45) is 2.80. The first-order valence-electron chi connectivity index (χ1n) is 8.96. The Morgan fingerprint density at radius 2 is 2.00 bits per heavy atom. The Morgan fingerprint density at radius 3 is 2.66 bits per heavy atom. The molecule has 0 bridgehead atoms. The second kappa shape index (κ2) is 7.98. The Balaban J connectivity index is 2.30. The normalized spacial score (nSPS) is 11.2. The van der Waals surface area contributed by atoms with Crippen LogP contribution >= 0.6 is 0 Å². The molecule has 7 heteroatoms. The number of hydrogen-bond donors (Lipinski definition) is 1. The number of rotatable bonds is 4. The second-order valence-electron chi connectivity index (χ2n) is 6.64. The molecule has 0 aliphatic heterocycles. The van der Waals surface area contributed by atoms with Gasteiger partial charge in [0.15, 0.2) is 0 Å². The molecule has 0 saturated carbocycles. The van der Waals surface area contributed by atoms with Crippen LogP contribution in [0.25, 0.3) is 11.7 Å². The molecule has 0 saturated heterocycles. The van der Waals surface area contributed by atoms with Crippen molar-refractivity contribution in [1.82, 2.24) is 14.7 Å². The summed E-state index contributed by atoms with van der Waals surface area (Å²) in [5, 5.41) is 11.7. The minimum Gasteiger partial charge on any atom is -0.438 e. The van der Waals surface area contributed by atoms with Crippen LogP contribution in [0.1, 0.15) is 22.3 Å². The van der Waals surface area contributed by atoms with Gasteiger partial charge < -0.3 is 10.1 Å². The molecule has 29 heavy (non-hydrogen) atoms. The van der Waals surface area contributed by atoms with Gasteiger partial charge in [0.05, 0.1) is 0 Å². The number of amides is 1. The summed E-state index contributed by atoms with van der Waals surface area (Å²) >= 11 is 0. The number of aromatic nitrogens is 2. The van der Waals surface area contributed by atoms with Crippen LogP contribution in [-0.2, 0) is 4.79 Å². The van der Waals surface area contributed by atoms with E-state index in [0.717, 1.165) is 16.7 Å². The Morgan fingerprint density at radius 1 is 1.24 bits per heavy atom. The van der Waals surface area contributed by atoms with Crippen molar-refractivity contribution >= 4 is 17.6 Å². The smallest absolute Gasteiger partial charge is 0.269 e. The second-order valence-corrected chi connectivity index (χ2v) is 6.64. The topological polar surface area (TPSA) is 96.5 Å². The van der Waals surface area contributed by atoms with Crippen LogP contribution < -0.4 is 15.6 Å². The lowest BCUT2D eigenvalue weighted by Gasteiger charge is -2.13. The lowest BCUT2D eigenvalue weighted by Crippen LogP contribution is -2.22. The van der Waals surface area contributed by atoms with E-state index in [-0.39, 0.29) is 17.0 Å². The highest BCUT2D eigenvalue weighted by molar-refractivity contribution is 6.01. The maximum Gasteiger partial charge on any atom is 0.269 e. The maximum atomic E-state index is 13.2. The summed E-state index contributed by atoms with van der Waals surface area (Å²) in [6.45, 7) is 5.70. The number of nitrogens with zero attached hydrogens (tertiary/aromatic N) is 3. The third-order valence-electron chi connectivity index (χ3n) is 4.47. The molecular formula is C22H20N4O3. The van der Waals surface area contributed by atoms with Crippen LogP contribution in [-0.4, -0.2) is 22.3 Å². The van der Waals surface area contributed by atoms with Crippen LogP contribution in [0.4, 0.5) is 0 Å². The molecule has 0 spiro atoms. The van der Waals surface area contributed by atoms with Crippen molar-refractivity contribution in [2.45, 2.75) is 20.8 Å². The van der Waals surface area contributed by atoms with Crippen LogP contribution in [0.15, 0.2) is 46.9 Å². The molecule has 7 nitrogen and oxygen atoms in total. The Kier molecular flexibility index (Phi) is 5.46. The minimum atomic E-state index is -0.598. The SMILES string of the molecule is CNC(=O)C(C#N)=Cc1c(Oc2ccc(C)cc2C)nc2c(C)cccn2c1=O. The van der Waals surface area contributed by atoms with Crippen LogP contribution in [0, 0.1) is 32.1 Å². The lowest BCUT2D eigenvalue weighted by atomic mass is 10.1. The van der Waals surface area contributed by atoms with Crippen molar-refractivity contribution in [1.29, 1.82) is 5.26 Å². The average Bonchev–Trinajstić information content (AvgIpc) is 2.70. The third kappa shape index (κ3) is 3.87. The third-order valence-corrected chi connectivity index (χ3v) is 4.47. The highest BCUT2D eigenvalue weighted by atomic mass is 16.5. The zero-order chi connectivity index (χ0) is 21.1. The molecule has 3 aromatic rings. The monoisotopic (exact) mass is 388 g/mol. The Labute approximate surface area is 167 Å². The molecule has 0 fully saturated rings. The van der Waals surface area contributed by atoms with E-state index in [1.807, 2.05) is 45.0 Å². The van der Waals surface area contributed by atoms with E-state index in [9.17, 15) is 14.9 Å². The number of fused-ring (bicyclic) bond motifs is 1. The van der Waals surface area contributed by atoms with Crippen LogP contribution in [0.5, 0.6) is 11.6 Å². The van der Waals surface area contributed by atoms with E-state index in [4.69, 9.17) is 4.74 Å². The quantitative estimate of drug-likeness (QED) is 0.547. The number of aryl methyl sites for hydroxylation is 3. The number of carbonyl (C=O) groups excluding carboxylic acids is 1. The Bertz CT molecular complexity index is 1250. The van der Waals surface area contributed by atoms with Gasteiger partial charge in [0, 0.05) is 13.2 Å². The van der Waals surface area contributed by atoms with E-state index < -0.39 is 11.5 Å². The van der Waals surface area contributed by atoms with E-state index in [0.29, 0.717) is 11.4 Å². The first-order chi connectivity index (χ1) is 13.8. The summed E-state index contributed by atoms with van der Waals surface area (Å²) in [5.41, 5.74) is 2.54. The zero-order valence-corrected chi connectivity index (χ0v) is 16.6. The van der Waals surface area contributed by atoms with Gasteiger partial charge in [-0.05, 0) is 50.1 Å². The molecule has 0 aliphatic rings. The first-order valence-corrected chi connectivity index (χ1v) is 8.96. The first kappa shape index (κ1) is 19.8. The van der Waals surface area contributed by atoms with Crippen LogP contribution in [0.3, 0.4) is 0 Å². The van der Waals surface area contributed by atoms with E-state index in [1.165, 1.54) is 17.5 Å². The number of benzene rings is 1. The number of pyridine rings is 1. The van der Waals surface area contributed by atoms with Gasteiger partial charge in [0.1, 0.15) is 28.6 Å². The summed E-state index contributed by atoms with van der Waals surface area (Å²) in [4.78, 5) is 29.6. The number of carbonyl (C=O) groups is 1. The predicted octanol–water partition coefficient (Wildman–Crippen LogP) is 3.07. The van der Waals surface area contributed by atoms with Crippen molar-refractivity contribution < 1.29 is 9.53 Å². The fourth-order valence-electron chi connectivity index (χ4n) is 2.94. The van der Waals surface area contributed by atoms with Gasteiger partial charge in [0.25, 0.3) is 11.5 Å². The molecule has 2 heterocycles. The molecule has 1 amide bonds.